The number of carboxylic acid groups (broad SMARTS) is 1. The SMILES string of the molecule is CS(=O)(=O)N(c1ccccc1)c1ccc2c(c1)/C(=C/c1[nH]c3c(c1CCC(=O)O)C(=O)CCC3)C(=O)N2. The lowest BCUT2D eigenvalue weighted by atomic mass is 9.91. The molecule has 37 heavy (non-hydrogen) atoms. The number of hydrogen-bond donors (Lipinski definition) is 3. The van der Waals surface area contributed by atoms with Crippen LogP contribution in [0, 0.1) is 0 Å². The molecule has 1 aliphatic carbocycles. The molecular weight excluding hydrogens is 494 g/mol. The van der Waals surface area contributed by atoms with Crippen molar-refractivity contribution in [2.45, 2.75) is 32.1 Å². The number of amides is 1. The Hall–Kier alpha value is -4.18. The number of aromatic nitrogens is 1. The average molecular weight is 520 g/mol. The Morgan fingerprint density at radius 1 is 1.08 bits per heavy atom. The third-order valence-electron chi connectivity index (χ3n) is 6.54. The molecule has 0 saturated heterocycles. The fourth-order valence-electron chi connectivity index (χ4n) is 4.99. The summed E-state index contributed by atoms with van der Waals surface area (Å²) in [4.78, 5) is 40.2. The standard InChI is InChI=1S/C27H25N3O6S/c1-37(35,36)30(16-6-3-2-4-7-16)17-10-12-21-19(14-17)20(27(34)29-21)15-23-18(11-13-25(32)33)26-22(28-23)8-5-9-24(26)31/h2-4,6-7,10,12,14-15,28H,5,8-9,11,13H2,1H3,(H,29,34)(H,32,33)/b20-15-. The molecule has 10 heteroatoms. The molecule has 190 valence electrons. The fraction of sp³-hybridized carbons (Fsp3) is 0.222. The summed E-state index contributed by atoms with van der Waals surface area (Å²) in [7, 11) is -3.70. The first-order valence-corrected chi connectivity index (χ1v) is 13.7. The molecule has 0 atom stereocenters. The van der Waals surface area contributed by atoms with Gasteiger partial charge in [0.05, 0.1) is 23.2 Å². The summed E-state index contributed by atoms with van der Waals surface area (Å²) < 4.78 is 26.7. The molecule has 0 radical (unpaired) electrons. The first-order chi connectivity index (χ1) is 17.6. The summed E-state index contributed by atoms with van der Waals surface area (Å²) in [6.07, 6.45) is 4.50. The number of aromatic amines is 1. The predicted octanol–water partition coefficient (Wildman–Crippen LogP) is 4.14. The van der Waals surface area contributed by atoms with Crippen LogP contribution in [0.15, 0.2) is 48.5 Å². The molecule has 2 aliphatic rings. The minimum atomic E-state index is -3.70. The molecule has 0 saturated carbocycles. The monoisotopic (exact) mass is 519 g/mol. The van der Waals surface area contributed by atoms with Crippen LogP contribution < -0.4 is 9.62 Å². The highest BCUT2D eigenvalue weighted by Crippen LogP contribution is 2.39. The van der Waals surface area contributed by atoms with Crippen molar-refractivity contribution in [2.75, 3.05) is 15.9 Å². The highest BCUT2D eigenvalue weighted by atomic mass is 32.2. The number of para-hydroxylation sites is 1. The molecule has 0 fully saturated rings. The first-order valence-electron chi connectivity index (χ1n) is 11.8. The Kier molecular flexibility index (Phi) is 6.20. The minimum absolute atomic E-state index is 0.0345. The lowest BCUT2D eigenvalue weighted by Gasteiger charge is -2.23. The van der Waals surface area contributed by atoms with E-state index in [1.165, 1.54) is 4.31 Å². The second-order valence-electron chi connectivity index (χ2n) is 9.15. The van der Waals surface area contributed by atoms with Crippen LogP contribution >= 0.6 is 0 Å². The molecule has 0 unspecified atom stereocenters. The number of nitrogens with zero attached hydrogens (tertiary/aromatic N) is 1. The molecule has 1 aromatic heterocycles. The maximum atomic E-state index is 13.0. The quantitative estimate of drug-likeness (QED) is 0.401. The van der Waals surface area contributed by atoms with Crippen molar-refractivity contribution in [3.63, 3.8) is 0 Å². The summed E-state index contributed by atoms with van der Waals surface area (Å²) in [6, 6.07) is 13.6. The number of ketones is 1. The number of benzene rings is 2. The van der Waals surface area contributed by atoms with Gasteiger partial charge in [-0.15, -0.1) is 0 Å². The van der Waals surface area contributed by atoms with Gasteiger partial charge in [-0.05, 0) is 61.2 Å². The number of aliphatic carboxylic acids is 1. The maximum absolute atomic E-state index is 13.0. The van der Waals surface area contributed by atoms with Crippen molar-refractivity contribution in [3.8, 4) is 0 Å². The van der Waals surface area contributed by atoms with Crippen molar-refractivity contribution in [2.24, 2.45) is 0 Å². The lowest BCUT2D eigenvalue weighted by molar-refractivity contribution is -0.137. The van der Waals surface area contributed by atoms with Gasteiger partial charge in [0.2, 0.25) is 10.0 Å². The predicted molar refractivity (Wildman–Crippen MR) is 140 cm³/mol. The zero-order valence-electron chi connectivity index (χ0n) is 20.1. The molecule has 1 amide bonds. The van der Waals surface area contributed by atoms with Crippen LogP contribution in [0.1, 0.15) is 52.1 Å². The van der Waals surface area contributed by atoms with Crippen molar-refractivity contribution in [3.05, 3.63) is 76.6 Å². The highest BCUT2D eigenvalue weighted by Gasteiger charge is 2.30. The molecule has 3 aromatic rings. The molecule has 2 aromatic carbocycles. The number of anilines is 3. The number of rotatable bonds is 7. The van der Waals surface area contributed by atoms with Crippen LogP contribution in [0.4, 0.5) is 17.1 Å². The van der Waals surface area contributed by atoms with Gasteiger partial charge in [0.15, 0.2) is 5.78 Å². The van der Waals surface area contributed by atoms with E-state index in [9.17, 15) is 27.9 Å². The number of carbonyl (C=O) groups excluding carboxylic acids is 2. The van der Waals surface area contributed by atoms with Gasteiger partial charge in [0, 0.05) is 41.0 Å². The topological polar surface area (TPSA) is 137 Å². The Labute approximate surface area is 213 Å². The van der Waals surface area contributed by atoms with Gasteiger partial charge in [-0.25, -0.2) is 12.7 Å². The molecule has 0 spiro atoms. The van der Waals surface area contributed by atoms with Crippen molar-refractivity contribution < 1.29 is 27.9 Å². The van der Waals surface area contributed by atoms with E-state index in [-0.39, 0.29) is 24.5 Å². The van der Waals surface area contributed by atoms with Gasteiger partial charge in [-0.1, -0.05) is 18.2 Å². The molecule has 9 nitrogen and oxygen atoms in total. The largest absolute Gasteiger partial charge is 0.481 e. The Morgan fingerprint density at radius 2 is 1.84 bits per heavy atom. The van der Waals surface area contributed by atoms with Crippen molar-refractivity contribution >= 4 is 56.4 Å². The van der Waals surface area contributed by atoms with E-state index in [2.05, 4.69) is 10.3 Å². The number of carboxylic acids is 1. The second kappa shape index (κ2) is 9.36. The average Bonchev–Trinajstić information content (AvgIpc) is 3.35. The Balaban J connectivity index is 1.63. The van der Waals surface area contributed by atoms with Crippen LogP contribution in [-0.4, -0.2) is 42.4 Å². The molecule has 2 heterocycles. The summed E-state index contributed by atoms with van der Waals surface area (Å²) >= 11 is 0. The van der Waals surface area contributed by atoms with Gasteiger partial charge in [-0.3, -0.25) is 14.4 Å². The van der Waals surface area contributed by atoms with E-state index in [4.69, 9.17) is 0 Å². The maximum Gasteiger partial charge on any atom is 0.303 e. The lowest BCUT2D eigenvalue weighted by Crippen LogP contribution is -2.24. The summed E-state index contributed by atoms with van der Waals surface area (Å²) in [5.41, 5.74) is 4.54. The van der Waals surface area contributed by atoms with Gasteiger partial charge in [0.1, 0.15) is 0 Å². The van der Waals surface area contributed by atoms with E-state index in [1.807, 2.05) is 0 Å². The van der Waals surface area contributed by atoms with Gasteiger partial charge < -0.3 is 15.4 Å². The highest BCUT2D eigenvalue weighted by molar-refractivity contribution is 7.92. The summed E-state index contributed by atoms with van der Waals surface area (Å²) in [5, 5.41) is 12.0. The Bertz CT molecular complexity index is 1570. The zero-order chi connectivity index (χ0) is 26.3. The van der Waals surface area contributed by atoms with E-state index in [0.717, 1.165) is 11.9 Å². The van der Waals surface area contributed by atoms with E-state index in [0.29, 0.717) is 64.3 Å². The third kappa shape index (κ3) is 4.67. The number of H-pyrrole nitrogens is 1. The normalized spacial score (nSPS) is 15.9. The van der Waals surface area contributed by atoms with Crippen LogP contribution in [-0.2, 0) is 32.5 Å². The molecule has 1 aliphatic heterocycles. The fourth-order valence-corrected chi connectivity index (χ4v) is 5.99. The van der Waals surface area contributed by atoms with Gasteiger partial charge >= 0.3 is 5.97 Å². The van der Waals surface area contributed by atoms with Gasteiger partial charge in [-0.2, -0.15) is 0 Å². The summed E-state index contributed by atoms with van der Waals surface area (Å²) in [5.74, 6) is -1.39. The number of aryl methyl sites for hydroxylation is 1. The molecule has 5 rings (SSSR count). The van der Waals surface area contributed by atoms with Crippen LogP contribution in [0.25, 0.3) is 11.6 Å². The number of sulfonamides is 1. The molecule has 3 N–H and O–H groups in total. The minimum Gasteiger partial charge on any atom is -0.481 e. The van der Waals surface area contributed by atoms with E-state index >= 15 is 0 Å². The number of nitrogens with one attached hydrogen (secondary N) is 2. The van der Waals surface area contributed by atoms with E-state index < -0.39 is 16.0 Å². The van der Waals surface area contributed by atoms with Crippen LogP contribution in [0.5, 0.6) is 0 Å². The number of fused-ring (bicyclic) bond motifs is 2. The molecular formula is C27H25N3O6S. The van der Waals surface area contributed by atoms with E-state index in [1.54, 1.807) is 54.6 Å². The van der Waals surface area contributed by atoms with Crippen LogP contribution in [0.2, 0.25) is 0 Å². The zero-order valence-corrected chi connectivity index (χ0v) is 20.9. The molecule has 0 bridgehead atoms. The Morgan fingerprint density at radius 3 is 2.54 bits per heavy atom. The number of Topliss-reactive ketones (excluding diaryl/α,β-unsaturated/α-hetero) is 1. The van der Waals surface area contributed by atoms with Crippen molar-refractivity contribution in [1.29, 1.82) is 0 Å². The number of hydrogen-bond acceptors (Lipinski definition) is 5. The van der Waals surface area contributed by atoms with Crippen LogP contribution in [0.3, 0.4) is 0 Å². The second-order valence-corrected chi connectivity index (χ2v) is 11.0. The smallest absolute Gasteiger partial charge is 0.303 e. The van der Waals surface area contributed by atoms with Crippen molar-refractivity contribution in [1.82, 2.24) is 4.98 Å². The third-order valence-corrected chi connectivity index (χ3v) is 7.63. The van der Waals surface area contributed by atoms with Gasteiger partial charge in [0.25, 0.3) is 5.91 Å². The summed E-state index contributed by atoms with van der Waals surface area (Å²) in [6.45, 7) is 0. The first kappa shape index (κ1) is 24.5. The number of carbonyl (C=O) groups is 3.